The van der Waals surface area contributed by atoms with E-state index in [1.165, 1.54) is 5.56 Å². The van der Waals surface area contributed by atoms with E-state index >= 15 is 0 Å². The van der Waals surface area contributed by atoms with Gasteiger partial charge in [-0.15, -0.1) is 0 Å². The standard InChI is InChI=1S/C13H17O/c1-4-8-12-10-7-9-11(5-2)13(12)14-6-3/h7,9-10H,2,4,6,8H2,1,3H3. The van der Waals surface area contributed by atoms with Crippen LogP contribution >= 0.6 is 0 Å². The van der Waals surface area contributed by atoms with E-state index in [-0.39, 0.29) is 0 Å². The third kappa shape index (κ3) is 2.38. The molecule has 0 bridgehead atoms. The van der Waals surface area contributed by atoms with Gasteiger partial charge < -0.3 is 4.74 Å². The lowest BCUT2D eigenvalue weighted by Gasteiger charge is -2.12. The fraction of sp³-hybridized carbons (Fsp3) is 0.385. The van der Waals surface area contributed by atoms with Crippen molar-refractivity contribution in [1.29, 1.82) is 0 Å². The molecule has 0 saturated carbocycles. The first-order chi connectivity index (χ1) is 6.83. The zero-order valence-corrected chi connectivity index (χ0v) is 8.97. The summed E-state index contributed by atoms with van der Waals surface area (Å²) >= 11 is 0. The molecule has 14 heavy (non-hydrogen) atoms. The van der Waals surface area contributed by atoms with E-state index in [4.69, 9.17) is 4.74 Å². The molecule has 0 aromatic heterocycles. The topological polar surface area (TPSA) is 9.23 Å². The van der Waals surface area contributed by atoms with Gasteiger partial charge in [0.05, 0.1) is 6.61 Å². The van der Waals surface area contributed by atoms with Gasteiger partial charge in [-0.25, -0.2) is 0 Å². The molecular formula is C13H17O. The summed E-state index contributed by atoms with van der Waals surface area (Å²) in [7, 11) is 0. The van der Waals surface area contributed by atoms with E-state index in [1.807, 2.05) is 19.1 Å². The molecule has 0 fully saturated rings. The molecule has 1 radical (unpaired) electrons. The monoisotopic (exact) mass is 189 g/mol. The van der Waals surface area contributed by atoms with Crippen molar-refractivity contribution in [3.05, 3.63) is 42.0 Å². The lowest BCUT2D eigenvalue weighted by Crippen LogP contribution is -1.99. The summed E-state index contributed by atoms with van der Waals surface area (Å²) in [6.07, 6.45) is 5.08. The number of ether oxygens (including phenoxy) is 1. The van der Waals surface area contributed by atoms with Crippen LogP contribution in [-0.2, 0) is 6.42 Å². The zero-order valence-electron chi connectivity index (χ0n) is 8.97. The highest BCUT2D eigenvalue weighted by molar-refractivity contribution is 5.44. The number of hydrogen-bond acceptors (Lipinski definition) is 1. The van der Waals surface area contributed by atoms with Gasteiger partial charge in [-0.05, 0) is 25.0 Å². The molecule has 1 aromatic carbocycles. The Morgan fingerprint density at radius 2 is 2.14 bits per heavy atom. The zero-order chi connectivity index (χ0) is 10.4. The van der Waals surface area contributed by atoms with Crippen molar-refractivity contribution in [2.75, 3.05) is 6.61 Å². The van der Waals surface area contributed by atoms with Crippen LogP contribution in [0.4, 0.5) is 0 Å². The molecule has 0 amide bonds. The van der Waals surface area contributed by atoms with E-state index in [9.17, 15) is 0 Å². The molecule has 0 aliphatic heterocycles. The van der Waals surface area contributed by atoms with Crippen LogP contribution in [-0.4, -0.2) is 6.61 Å². The highest BCUT2D eigenvalue weighted by Crippen LogP contribution is 2.25. The lowest BCUT2D eigenvalue weighted by molar-refractivity contribution is 0.335. The molecule has 0 unspecified atom stereocenters. The first kappa shape index (κ1) is 10.8. The first-order valence-electron chi connectivity index (χ1n) is 5.11. The van der Waals surface area contributed by atoms with E-state index in [0.29, 0.717) is 6.61 Å². The van der Waals surface area contributed by atoms with Gasteiger partial charge in [0.25, 0.3) is 0 Å². The smallest absolute Gasteiger partial charge is 0.130 e. The van der Waals surface area contributed by atoms with Gasteiger partial charge in [-0.1, -0.05) is 38.1 Å². The fourth-order valence-corrected chi connectivity index (χ4v) is 1.51. The maximum Gasteiger partial charge on any atom is 0.130 e. The van der Waals surface area contributed by atoms with Crippen LogP contribution in [0.25, 0.3) is 0 Å². The number of benzene rings is 1. The summed E-state index contributed by atoms with van der Waals surface area (Å²) in [5.41, 5.74) is 2.22. The van der Waals surface area contributed by atoms with Gasteiger partial charge in [0.2, 0.25) is 0 Å². The summed E-state index contributed by atoms with van der Waals surface area (Å²) in [6, 6.07) is 6.12. The van der Waals surface area contributed by atoms with Gasteiger partial charge in [0.1, 0.15) is 5.75 Å². The molecule has 0 atom stereocenters. The van der Waals surface area contributed by atoms with Crippen LogP contribution in [0.3, 0.4) is 0 Å². The molecule has 0 heterocycles. The van der Waals surface area contributed by atoms with Crippen LogP contribution in [0.1, 0.15) is 31.4 Å². The molecule has 0 spiro atoms. The molecule has 0 aliphatic carbocycles. The predicted molar refractivity (Wildman–Crippen MR) is 59.6 cm³/mol. The maximum atomic E-state index is 5.61. The van der Waals surface area contributed by atoms with E-state index in [2.05, 4.69) is 25.6 Å². The summed E-state index contributed by atoms with van der Waals surface area (Å²) in [5.74, 6) is 0.951. The molecule has 0 aliphatic rings. The minimum Gasteiger partial charge on any atom is -0.493 e. The Labute approximate surface area is 86.4 Å². The largest absolute Gasteiger partial charge is 0.493 e. The summed E-state index contributed by atoms with van der Waals surface area (Å²) in [6.45, 7) is 8.52. The second kappa shape index (κ2) is 5.48. The third-order valence-electron chi connectivity index (χ3n) is 2.10. The van der Waals surface area contributed by atoms with Crippen molar-refractivity contribution in [1.82, 2.24) is 0 Å². The van der Waals surface area contributed by atoms with Crippen molar-refractivity contribution >= 4 is 0 Å². The summed E-state index contributed by atoms with van der Waals surface area (Å²) in [5, 5.41) is 0. The second-order valence-electron chi connectivity index (χ2n) is 3.15. The quantitative estimate of drug-likeness (QED) is 0.690. The molecule has 1 aromatic rings. The van der Waals surface area contributed by atoms with Gasteiger partial charge in [0, 0.05) is 5.56 Å². The Bertz CT molecular complexity index is 302. The van der Waals surface area contributed by atoms with Gasteiger partial charge >= 0.3 is 0 Å². The molecule has 1 heteroatoms. The van der Waals surface area contributed by atoms with Crippen LogP contribution in [0.2, 0.25) is 0 Å². The fourth-order valence-electron chi connectivity index (χ4n) is 1.51. The van der Waals surface area contributed by atoms with E-state index in [0.717, 1.165) is 24.2 Å². The summed E-state index contributed by atoms with van der Waals surface area (Å²) in [4.78, 5) is 0. The summed E-state index contributed by atoms with van der Waals surface area (Å²) < 4.78 is 5.61. The molecular weight excluding hydrogens is 172 g/mol. The van der Waals surface area contributed by atoms with Gasteiger partial charge in [-0.2, -0.15) is 0 Å². The van der Waals surface area contributed by atoms with Gasteiger partial charge in [0.15, 0.2) is 0 Å². The highest BCUT2D eigenvalue weighted by Gasteiger charge is 2.06. The van der Waals surface area contributed by atoms with Gasteiger partial charge in [-0.3, -0.25) is 0 Å². The Balaban J connectivity index is 3.06. The second-order valence-corrected chi connectivity index (χ2v) is 3.15. The highest BCUT2D eigenvalue weighted by atomic mass is 16.5. The average molecular weight is 189 g/mol. The van der Waals surface area contributed by atoms with Crippen molar-refractivity contribution in [3.8, 4) is 5.75 Å². The Morgan fingerprint density at radius 3 is 2.71 bits per heavy atom. The normalized spacial score (nSPS) is 9.86. The average Bonchev–Trinajstić information content (AvgIpc) is 2.21. The van der Waals surface area contributed by atoms with Crippen LogP contribution in [0.5, 0.6) is 5.75 Å². The van der Waals surface area contributed by atoms with Crippen LogP contribution < -0.4 is 4.74 Å². The Kier molecular flexibility index (Phi) is 4.24. The number of aryl methyl sites for hydroxylation is 1. The van der Waals surface area contributed by atoms with Crippen molar-refractivity contribution in [2.24, 2.45) is 0 Å². The molecule has 0 saturated heterocycles. The molecule has 1 nitrogen and oxygen atoms in total. The number of para-hydroxylation sites is 1. The van der Waals surface area contributed by atoms with Crippen molar-refractivity contribution in [3.63, 3.8) is 0 Å². The SMILES string of the molecule is C=[C]c1cccc(CCC)c1OCC. The maximum absolute atomic E-state index is 5.61. The number of hydrogen-bond donors (Lipinski definition) is 0. The number of rotatable bonds is 5. The molecule has 0 N–H and O–H groups in total. The van der Waals surface area contributed by atoms with Crippen molar-refractivity contribution < 1.29 is 4.74 Å². The van der Waals surface area contributed by atoms with Crippen LogP contribution in [0.15, 0.2) is 24.8 Å². The van der Waals surface area contributed by atoms with E-state index < -0.39 is 0 Å². The Hall–Kier alpha value is -1.24. The molecule has 1 rings (SSSR count). The predicted octanol–water partition coefficient (Wildman–Crippen LogP) is 3.38. The first-order valence-corrected chi connectivity index (χ1v) is 5.11. The molecule has 75 valence electrons. The van der Waals surface area contributed by atoms with Crippen LogP contribution in [0, 0.1) is 6.08 Å². The Morgan fingerprint density at radius 1 is 1.36 bits per heavy atom. The third-order valence-corrected chi connectivity index (χ3v) is 2.10. The van der Waals surface area contributed by atoms with E-state index in [1.54, 1.807) is 0 Å². The minimum atomic E-state index is 0.690. The minimum absolute atomic E-state index is 0.690. The lowest BCUT2D eigenvalue weighted by atomic mass is 10.0. The van der Waals surface area contributed by atoms with Crippen molar-refractivity contribution in [2.45, 2.75) is 26.7 Å².